The van der Waals surface area contributed by atoms with Crippen molar-refractivity contribution in [1.29, 1.82) is 0 Å². The van der Waals surface area contributed by atoms with Gasteiger partial charge in [-0.05, 0) is 0 Å². The molecule has 3 nitrogen and oxygen atoms in total. The molecule has 3 heteroatoms. The minimum Gasteiger partial charge on any atom is -0.380 e. The zero-order chi connectivity index (χ0) is 6.10. The molecule has 2 heterocycles. The van der Waals surface area contributed by atoms with E-state index >= 15 is 0 Å². The summed E-state index contributed by atoms with van der Waals surface area (Å²) in [5.41, 5.74) is 1.20. The normalized spacial score (nSPS) is 19.6. The summed E-state index contributed by atoms with van der Waals surface area (Å²) in [4.78, 5) is 6.96. The van der Waals surface area contributed by atoms with Crippen LogP contribution in [-0.4, -0.2) is 23.2 Å². The maximum atomic E-state index is 5.01. The molecule has 0 saturated carbocycles. The predicted molar refractivity (Wildman–Crippen MR) is 32.1 cm³/mol. The van der Waals surface area contributed by atoms with Crippen molar-refractivity contribution in [3.8, 4) is 0 Å². The lowest BCUT2D eigenvalue weighted by atomic mass is 10.1. The summed E-state index contributed by atoms with van der Waals surface area (Å²) in [6.45, 7) is 1.70. The van der Waals surface area contributed by atoms with E-state index in [1.165, 1.54) is 5.69 Å². The maximum Gasteiger partial charge on any atom is 0.0921 e. The lowest BCUT2D eigenvalue weighted by Gasteiger charge is -2.24. The number of rotatable bonds is 1. The van der Waals surface area contributed by atoms with Crippen LogP contribution in [0.3, 0.4) is 0 Å². The lowest BCUT2D eigenvalue weighted by Crippen LogP contribution is -2.25. The number of nitrogens with zero attached hydrogens (tertiary/aromatic N) is 1. The van der Waals surface area contributed by atoms with Gasteiger partial charge in [0.2, 0.25) is 0 Å². The number of aromatic amines is 1. The Labute approximate surface area is 53.1 Å². The second kappa shape index (κ2) is 1.84. The summed E-state index contributed by atoms with van der Waals surface area (Å²) in [5, 5.41) is 0. The fourth-order valence-corrected chi connectivity index (χ4v) is 0.905. The van der Waals surface area contributed by atoms with Gasteiger partial charge in [-0.15, -0.1) is 0 Å². The largest absolute Gasteiger partial charge is 0.380 e. The van der Waals surface area contributed by atoms with Crippen molar-refractivity contribution >= 4 is 0 Å². The summed E-state index contributed by atoms with van der Waals surface area (Å²) >= 11 is 0. The van der Waals surface area contributed by atoms with Gasteiger partial charge in [-0.2, -0.15) is 0 Å². The molecule has 1 aliphatic heterocycles. The number of aromatic nitrogens is 2. The summed E-state index contributed by atoms with van der Waals surface area (Å²) < 4.78 is 5.01. The van der Waals surface area contributed by atoms with Crippen molar-refractivity contribution < 1.29 is 4.74 Å². The number of ether oxygens (including phenoxy) is 1. The molecule has 0 amide bonds. The maximum absolute atomic E-state index is 5.01. The Morgan fingerprint density at radius 2 is 2.56 bits per heavy atom. The average molecular weight is 124 g/mol. The van der Waals surface area contributed by atoms with Crippen LogP contribution in [-0.2, 0) is 4.74 Å². The third-order valence-electron chi connectivity index (χ3n) is 1.60. The zero-order valence-electron chi connectivity index (χ0n) is 5.00. The van der Waals surface area contributed by atoms with E-state index in [1.807, 2.05) is 6.20 Å². The third kappa shape index (κ3) is 0.733. The number of hydrogen-bond acceptors (Lipinski definition) is 2. The van der Waals surface area contributed by atoms with Gasteiger partial charge < -0.3 is 9.72 Å². The second-order valence-electron chi connectivity index (χ2n) is 2.24. The van der Waals surface area contributed by atoms with Gasteiger partial charge in [-0.25, -0.2) is 4.98 Å². The van der Waals surface area contributed by atoms with E-state index < -0.39 is 0 Å². The highest BCUT2D eigenvalue weighted by atomic mass is 16.5. The predicted octanol–water partition coefficient (Wildman–Crippen LogP) is 0.523. The van der Waals surface area contributed by atoms with E-state index in [0.29, 0.717) is 5.92 Å². The van der Waals surface area contributed by atoms with E-state index in [-0.39, 0.29) is 0 Å². The molecule has 48 valence electrons. The summed E-state index contributed by atoms with van der Waals surface area (Å²) in [7, 11) is 0. The molecule has 1 aromatic rings. The Morgan fingerprint density at radius 3 is 3.00 bits per heavy atom. The van der Waals surface area contributed by atoms with E-state index in [9.17, 15) is 0 Å². The lowest BCUT2D eigenvalue weighted by molar-refractivity contribution is 0.00687. The van der Waals surface area contributed by atoms with Crippen LogP contribution in [0.4, 0.5) is 0 Å². The number of hydrogen-bond donors (Lipinski definition) is 1. The molecule has 1 aromatic heterocycles. The van der Waals surface area contributed by atoms with Crippen molar-refractivity contribution in [3.63, 3.8) is 0 Å². The SMILES string of the molecule is c1ncc(C2COC2)[nH]1. The van der Waals surface area contributed by atoms with E-state index in [1.54, 1.807) is 6.33 Å². The van der Waals surface area contributed by atoms with E-state index in [2.05, 4.69) is 9.97 Å². The first-order valence-corrected chi connectivity index (χ1v) is 3.03. The Hall–Kier alpha value is -0.830. The minimum absolute atomic E-state index is 0.576. The van der Waals surface area contributed by atoms with Gasteiger partial charge in [0.15, 0.2) is 0 Å². The standard InChI is InChI=1S/C6H8N2O/c1-6(8-4-7-1)5-2-9-3-5/h1,4-5H,2-3H2,(H,7,8). The molecule has 9 heavy (non-hydrogen) atoms. The fourth-order valence-electron chi connectivity index (χ4n) is 0.905. The molecule has 1 aliphatic rings. The molecular formula is C6H8N2O. The topological polar surface area (TPSA) is 37.9 Å². The Morgan fingerprint density at radius 1 is 1.67 bits per heavy atom. The number of imidazole rings is 1. The highest BCUT2D eigenvalue weighted by Crippen LogP contribution is 2.20. The van der Waals surface area contributed by atoms with Crippen molar-refractivity contribution in [3.05, 3.63) is 18.2 Å². The first-order chi connectivity index (χ1) is 4.47. The van der Waals surface area contributed by atoms with Crippen molar-refractivity contribution in [2.45, 2.75) is 5.92 Å². The van der Waals surface area contributed by atoms with Gasteiger partial charge in [0.1, 0.15) is 0 Å². The highest BCUT2D eigenvalue weighted by Gasteiger charge is 2.20. The first kappa shape index (κ1) is 4.99. The summed E-state index contributed by atoms with van der Waals surface area (Å²) in [6.07, 6.45) is 3.56. The number of H-pyrrole nitrogens is 1. The smallest absolute Gasteiger partial charge is 0.0921 e. The van der Waals surface area contributed by atoms with Crippen molar-refractivity contribution in [2.75, 3.05) is 13.2 Å². The van der Waals surface area contributed by atoms with Crippen LogP contribution in [0.15, 0.2) is 12.5 Å². The quantitative estimate of drug-likeness (QED) is 0.592. The van der Waals surface area contributed by atoms with Gasteiger partial charge >= 0.3 is 0 Å². The Kier molecular flexibility index (Phi) is 1.02. The van der Waals surface area contributed by atoms with E-state index in [4.69, 9.17) is 4.74 Å². The molecule has 0 bridgehead atoms. The average Bonchev–Trinajstić information content (AvgIpc) is 2.11. The monoisotopic (exact) mass is 124 g/mol. The molecule has 2 rings (SSSR count). The van der Waals surface area contributed by atoms with Crippen LogP contribution in [0.1, 0.15) is 11.6 Å². The molecule has 1 fully saturated rings. The molecule has 0 spiro atoms. The summed E-state index contributed by atoms with van der Waals surface area (Å²) in [6, 6.07) is 0. The molecule has 0 radical (unpaired) electrons. The third-order valence-corrected chi connectivity index (χ3v) is 1.60. The Bertz CT molecular complexity index is 179. The molecule has 1 N–H and O–H groups in total. The molecule has 0 aliphatic carbocycles. The molecule has 1 saturated heterocycles. The fraction of sp³-hybridized carbons (Fsp3) is 0.500. The molecular weight excluding hydrogens is 116 g/mol. The van der Waals surface area contributed by atoms with Gasteiger partial charge in [0, 0.05) is 17.8 Å². The van der Waals surface area contributed by atoms with Crippen LogP contribution >= 0.6 is 0 Å². The van der Waals surface area contributed by atoms with E-state index in [0.717, 1.165) is 13.2 Å². The van der Waals surface area contributed by atoms with Crippen LogP contribution in [0.5, 0.6) is 0 Å². The molecule has 0 atom stereocenters. The van der Waals surface area contributed by atoms with Gasteiger partial charge in [0.25, 0.3) is 0 Å². The van der Waals surface area contributed by atoms with Gasteiger partial charge in [-0.1, -0.05) is 0 Å². The van der Waals surface area contributed by atoms with Crippen LogP contribution in [0, 0.1) is 0 Å². The van der Waals surface area contributed by atoms with Gasteiger partial charge in [-0.3, -0.25) is 0 Å². The molecule has 0 aromatic carbocycles. The van der Waals surface area contributed by atoms with Crippen molar-refractivity contribution in [1.82, 2.24) is 9.97 Å². The van der Waals surface area contributed by atoms with Gasteiger partial charge in [0.05, 0.1) is 19.5 Å². The first-order valence-electron chi connectivity index (χ1n) is 3.03. The summed E-state index contributed by atoms with van der Waals surface area (Å²) in [5.74, 6) is 0.576. The zero-order valence-corrected chi connectivity index (χ0v) is 5.00. The minimum atomic E-state index is 0.576. The van der Waals surface area contributed by atoms with Crippen molar-refractivity contribution in [2.24, 2.45) is 0 Å². The second-order valence-corrected chi connectivity index (χ2v) is 2.24. The van der Waals surface area contributed by atoms with Crippen LogP contribution in [0.25, 0.3) is 0 Å². The number of nitrogens with one attached hydrogen (secondary N) is 1. The van der Waals surface area contributed by atoms with Crippen LogP contribution < -0.4 is 0 Å². The Balaban J connectivity index is 2.14. The molecule has 0 unspecified atom stereocenters. The van der Waals surface area contributed by atoms with Crippen LogP contribution in [0.2, 0.25) is 0 Å². The highest BCUT2D eigenvalue weighted by molar-refractivity contribution is 5.05.